The number of piperidine rings is 1. The first-order valence-corrected chi connectivity index (χ1v) is 12.9. The number of likely N-dealkylation sites (tertiary alicyclic amines) is 1. The normalized spacial score (nSPS) is 13.7. The lowest BCUT2D eigenvalue weighted by molar-refractivity contribution is 0.0807. The number of nitrogens with zero attached hydrogens (tertiary/aromatic N) is 3. The van der Waals surface area contributed by atoms with Crippen LogP contribution in [0.25, 0.3) is 0 Å². The summed E-state index contributed by atoms with van der Waals surface area (Å²) in [5, 5.41) is 10.3. The molecule has 0 saturated carbocycles. The van der Waals surface area contributed by atoms with Crippen LogP contribution in [0.3, 0.4) is 0 Å². The van der Waals surface area contributed by atoms with Crippen LogP contribution in [0.2, 0.25) is 10.0 Å². The van der Waals surface area contributed by atoms with Crippen LogP contribution in [-0.4, -0.2) is 58.3 Å². The molecule has 0 atom stereocenters. The Bertz CT molecular complexity index is 1270. The highest BCUT2D eigenvalue weighted by atomic mass is 35.5. The van der Waals surface area contributed by atoms with E-state index >= 15 is 0 Å². The van der Waals surface area contributed by atoms with Crippen LogP contribution in [0.5, 0.6) is 0 Å². The summed E-state index contributed by atoms with van der Waals surface area (Å²) in [6.07, 6.45) is 2.25. The van der Waals surface area contributed by atoms with Gasteiger partial charge in [0.25, 0.3) is 11.8 Å². The largest absolute Gasteiger partial charge is 0.445 e. The highest BCUT2D eigenvalue weighted by Gasteiger charge is 2.27. The van der Waals surface area contributed by atoms with E-state index in [1.165, 1.54) is 10.9 Å². The Kier molecular flexibility index (Phi) is 9.22. The number of rotatable bonds is 8. The van der Waals surface area contributed by atoms with Crippen molar-refractivity contribution in [2.45, 2.75) is 32.0 Å². The Labute approximate surface area is 230 Å². The molecule has 1 aromatic heterocycles. The van der Waals surface area contributed by atoms with Crippen LogP contribution in [0, 0.1) is 0 Å². The second-order valence-electron chi connectivity index (χ2n) is 8.77. The van der Waals surface area contributed by atoms with Crippen LogP contribution in [0.15, 0.2) is 54.7 Å². The second kappa shape index (κ2) is 12.8. The maximum Gasteiger partial charge on any atom is 0.410 e. The number of nitrogens with one attached hydrogen (secondary N) is 2. The molecule has 12 heteroatoms. The first-order valence-electron chi connectivity index (χ1n) is 12.1. The molecule has 38 heavy (non-hydrogen) atoms. The van der Waals surface area contributed by atoms with Crippen molar-refractivity contribution in [2.24, 2.45) is 5.73 Å². The summed E-state index contributed by atoms with van der Waals surface area (Å²) in [5.74, 6) is -1.02. The zero-order chi connectivity index (χ0) is 27.1. The molecule has 2 aromatic carbocycles. The lowest BCUT2D eigenvalue weighted by Crippen LogP contribution is -2.46. The van der Waals surface area contributed by atoms with Gasteiger partial charge in [0, 0.05) is 31.9 Å². The summed E-state index contributed by atoms with van der Waals surface area (Å²) in [7, 11) is 0. The molecule has 1 saturated heterocycles. The van der Waals surface area contributed by atoms with E-state index in [2.05, 4.69) is 15.7 Å². The average Bonchev–Trinajstić information content (AvgIpc) is 3.30. The standard InChI is InChI=1S/C26H28Cl2N6O4/c27-19-7-4-8-20(28)22(19)24(35)31-21-15-34(14-11-29)32-23(21)25(36)30-18-9-12-33(13-10-18)26(37)38-16-17-5-2-1-3-6-17/h1-8,15,18H,9-14,16,29H2,(H,30,36)(H,31,35). The van der Waals surface area contributed by atoms with E-state index in [0.29, 0.717) is 39.0 Å². The summed E-state index contributed by atoms with van der Waals surface area (Å²) in [6, 6.07) is 14.0. The van der Waals surface area contributed by atoms with E-state index in [1.807, 2.05) is 30.3 Å². The van der Waals surface area contributed by atoms with Crippen molar-refractivity contribution < 1.29 is 19.1 Å². The zero-order valence-electron chi connectivity index (χ0n) is 20.5. The Morgan fingerprint density at radius 3 is 2.34 bits per heavy atom. The van der Waals surface area contributed by atoms with Crippen molar-refractivity contribution in [3.05, 3.63) is 81.6 Å². The van der Waals surface area contributed by atoms with Crippen molar-refractivity contribution in [1.82, 2.24) is 20.0 Å². The van der Waals surface area contributed by atoms with Gasteiger partial charge in [-0.2, -0.15) is 5.10 Å². The quantitative estimate of drug-likeness (QED) is 0.383. The Morgan fingerprint density at radius 1 is 1.00 bits per heavy atom. The van der Waals surface area contributed by atoms with E-state index in [4.69, 9.17) is 33.7 Å². The summed E-state index contributed by atoms with van der Waals surface area (Å²) in [4.78, 5) is 40.1. The summed E-state index contributed by atoms with van der Waals surface area (Å²) in [5.41, 5.74) is 6.90. The maximum atomic E-state index is 13.2. The minimum atomic E-state index is -0.565. The number of benzene rings is 2. The number of hydrogen-bond donors (Lipinski definition) is 3. The van der Waals surface area contributed by atoms with E-state index in [1.54, 1.807) is 23.1 Å². The molecule has 0 unspecified atom stereocenters. The number of amides is 3. The van der Waals surface area contributed by atoms with Crippen molar-refractivity contribution in [3.8, 4) is 0 Å². The molecule has 10 nitrogen and oxygen atoms in total. The average molecular weight is 559 g/mol. The van der Waals surface area contributed by atoms with Gasteiger partial charge in [-0.25, -0.2) is 4.79 Å². The predicted molar refractivity (Wildman–Crippen MR) is 144 cm³/mol. The summed E-state index contributed by atoms with van der Waals surface area (Å²) in [6.45, 7) is 1.73. The first kappa shape index (κ1) is 27.4. The lowest BCUT2D eigenvalue weighted by Gasteiger charge is -2.31. The molecule has 1 aliphatic heterocycles. The maximum absolute atomic E-state index is 13.2. The van der Waals surface area contributed by atoms with Gasteiger partial charge in [-0.05, 0) is 30.5 Å². The van der Waals surface area contributed by atoms with Crippen molar-refractivity contribution in [1.29, 1.82) is 0 Å². The highest BCUT2D eigenvalue weighted by molar-refractivity contribution is 6.40. The molecule has 4 N–H and O–H groups in total. The molecule has 1 fully saturated rings. The van der Waals surface area contributed by atoms with E-state index < -0.39 is 11.8 Å². The van der Waals surface area contributed by atoms with E-state index in [9.17, 15) is 14.4 Å². The molecule has 0 radical (unpaired) electrons. The third-order valence-electron chi connectivity index (χ3n) is 6.07. The minimum absolute atomic E-state index is 0.0414. The molecule has 2 heterocycles. The SMILES string of the molecule is NCCn1cc(NC(=O)c2c(Cl)cccc2Cl)c(C(=O)NC2CCN(C(=O)OCc3ccccc3)CC2)n1. The smallest absolute Gasteiger partial charge is 0.410 e. The van der Waals surface area contributed by atoms with Crippen LogP contribution in [-0.2, 0) is 17.9 Å². The number of anilines is 1. The first-order chi connectivity index (χ1) is 18.4. The number of aromatic nitrogens is 2. The predicted octanol–water partition coefficient (Wildman–Crippen LogP) is 3.93. The van der Waals surface area contributed by atoms with Crippen LogP contribution >= 0.6 is 23.2 Å². The third-order valence-corrected chi connectivity index (χ3v) is 6.70. The van der Waals surface area contributed by atoms with Gasteiger partial charge in [-0.1, -0.05) is 59.6 Å². The molecular formula is C26H28Cl2N6O4. The Balaban J connectivity index is 1.36. The molecule has 4 rings (SSSR count). The number of hydrogen-bond acceptors (Lipinski definition) is 6. The molecule has 0 spiro atoms. The molecular weight excluding hydrogens is 531 g/mol. The fourth-order valence-electron chi connectivity index (χ4n) is 4.10. The van der Waals surface area contributed by atoms with Gasteiger partial charge in [-0.3, -0.25) is 14.3 Å². The van der Waals surface area contributed by atoms with Crippen molar-refractivity contribution >= 4 is 46.8 Å². The lowest BCUT2D eigenvalue weighted by atomic mass is 10.1. The highest BCUT2D eigenvalue weighted by Crippen LogP contribution is 2.26. The molecule has 0 aliphatic carbocycles. The monoisotopic (exact) mass is 558 g/mol. The third kappa shape index (κ3) is 6.83. The fraction of sp³-hybridized carbons (Fsp3) is 0.308. The van der Waals surface area contributed by atoms with Crippen LogP contribution in [0.4, 0.5) is 10.5 Å². The van der Waals surface area contributed by atoms with Gasteiger partial charge in [-0.15, -0.1) is 0 Å². The zero-order valence-corrected chi connectivity index (χ0v) is 22.0. The van der Waals surface area contributed by atoms with Gasteiger partial charge < -0.3 is 26.0 Å². The fourth-order valence-corrected chi connectivity index (χ4v) is 4.67. The van der Waals surface area contributed by atoms with Crippen molar-refractivity contribution in [3.63, 3.8) is 0 Å². The number of carbonyl (C=O) groups excluding carboxylic acids is 3. The number of nitrogens with two attached hydrogens (primary N) is 1. The number of halogens is 2. The van der Waals surface area contributed by atoms with Crippen LogP contribution < -0.4 is 16.4 Å². The molecule has 0 bridgehead atoms. The molecule has 3 aromatic rings. The number of carbonyl (C=O) groups is 3. The molecule has 3 amide bonds. The van der Waals surface area contributed by atoms with Gasteiger partial charge in [0.2, 0.25) is 0 Å². The van der Waals surface area contributed by atoms with Crippen LogP contribution in [0.1, 0.15) is 39.3 Å². The molecule has 200 valence electrons. The van der Waals surface area contributed by atoms with E-state index in [0.717, 1.165) is 5.56 Å². The summed E-state index contributed by atoms with van der Waals surface area (Å²) < 4.78 is 6.89. The second-order valence-corrected chi connectivity index (χ2v) is 9.58. The van der Waals surface area contributed by atoms with E-state index in [-0.39, 0.29) is 45.7 Å². The van der Waals surface area contributed by atoms with Crippen molar-refractivity contribution in [2.75, 3.05) is 25.0 Å². The number of ether oxygens (including phenoxy) is 1. The molecule has 1 aliphatic rings. The van der Waals surface area contributed by atoms with Gasteiger partial charge in [0.05, 0.1) is 27.8 Å². The Hall–Kier alpha value is -3.60. The van der Waals surface area contributed by atoms with Gasteiger partial charge in [0.1, 0.15) is 6.61 Å². The minimum Gasteiger partial charge on any atom is -0.445 e. The Morgan fingerprint density at radius 2 is 1.68 bits per heavy atom. The van der Waals surface area contributed by atoms with Gasteiger partial charge in [0.15, 0.2) is 5.69 Å². The topological polar surface area (TPSA) is 132 Å². The van der Waals surface area contributed by atoms with Gasteiger partial charge >= 0.3 is 6.09 Å². The summed E-state index contributed by atoms with van der Waals surface area (Å²) >= 11 is 12.3.